The highest BCUT2D eigenvalue weighted by atomic mass is 19.3. The van der Waals surface area contributed by atoms with Crippen LogP contribution in [-0.4, -0.2) is 5.92 Å². The van der Waals surface area contributed by atoms with E-state index in [0.717, 1.165) is 5.56 Å². The molecule has 0 aliphatic heterocycles. The van der Waals surface area contributed by atoms with Crippen molar-refractivity contribution in [3.05, 3.63) is 65.5 Å². The first-order chi connectivity index (χ1) is 11.9. The average Bonchev–Trinajstić information content (AvgIpc) is 2.62. The molecule has 0 radical (unpaired) electrons. The lowest BCUT2D eigenvalue weighted by Crippen LogP contribution is -2.35. The summed E-state index contributed by atoms with van der Waals surface area (Å²) in [6.07, 6.45) is -0.650. The van der Waals surface area contributed by atoms with Crippen LogP contribution in [0.1, 0.15) is 36.8 Å². The Hall–Kier alpha value is -2.48. The predicted octanol–water partition coefficient (Wildman–Crippen LogP) is 5.38. The molecule has 25 heavy (non-hydrogen) atoms. The van der Waals surface area contributed by atoms with Gasteiger partial charge in [-0.15, -0.1) is 0 Å². The predicted molar refractivity (Wildman–Crippen MR) is 87.9 cm³/mol. The second-order valence-electron chi connectivity index (χ2n) is 6.47. The third-order valence-corrected chi connectivity index (χ3v) is 4.77. The minimum Gasteiger partial charge on any atom is -0.486 e. The Morgan fingerprint density at radius 2 is 1.68 bits per heavy atom. The van der Waals surface area contributed by atoms with E-state index in [1.807, 2.05) is 30.3 Å². The molecule has 0 spiro atoms. The molecule has 2 aromatic carbocycles. The Morgan fingerprint density at radius 3 is 2.28 bits per heavy atom. The molecule has 5 heteroatoms. The minimum atomic E-state index is -2.74. The largest absolute Gasteiger partial charge is 0.486 e. The quantitative estimate of drug-likeness (QED) is 0.746. The lowest BCUT2D eigenvalue weighted by atomic mass is 9.69. The molecule has 1 fully saturated rings. The molecule has 0 heterocycles. The van der Waals surface area contributed by atoms with E-state index in [-0.39, 0.29) is 38.0 Å². The lowest BCUT2D eigenvalue weighted by molar-refractivity contribution is -0.0453. The van der Waals surface area contributed by atoms with Crippen molar-refractivity contribution in [3.63, 3.8) is 0 Å². The van der Waals surface area contributed by atoms with Crippen LogP contribution in [0.5, 0.6) is 5.75 Å². The first kappa shape index (κ1) is 17.3. The number of benzene rings is 2. The van der Waals surface area contributed by atoms with E-state index in [1.54, 1.807) is 6.07 Å². The molecular weight excluding hydrogens is 327 g/mol. The van der Waals surface area contributed by atoms with Gasteiger partial charge in [-0.3, -0.25) is 0 Å². The van der Waals surface area contributed by atoms with E-state index in [4.69, 9.17) is 4.74 Å². The van der Waals surface area contributed by atoms with Gasteiger partial charge in [-0.05, 0) is 36.1 Å². The van der Waals surface area contributed by atoms with Crippen LogP contribution in [0, 0.1) is 17.1 Å². The number of ether oxygens (including phenoxy) is 1. The van der Waals surface area contributed by atoms with Crippen molar-refractivity contribution in [3.8, 4) is 11.8 Å². The van der Waals surface area contributed by atoms with Gasteiger partial charge >= 0.3 is 0 Å². The van der Waals surface area contributed by atoms with Gasteiger partial charge in [0.25, 0.3) is 0 Å². The molecule has 1 aliphatic rings. The van der Waals surface area contributed by atoms with Gasteiger partial charge in [-0.2, -0.15) is 5.26 Å². The lowest BCUT2D eigenvalue weighted by Gasteiger charge is -2.35. The number of halogens is 3. The molecule has 1 aliphatic carbocycles. The zero-order valence-corrected chi connectivity index (χ0v) is 13.6. The maximum atomic E-state index is 14.4. The van der Waals surface area contributed by atoms with Crippen LogP contribution in [0.2, 0.25) is 0 Å². The highest BCUT2D eigenvalue weighted by Crippen LogP contribution is 2.45. The van der Waals surface area contributed by atoms with Gasteiger partial charge < -0.3 is 4.74 Å². The van der Waals surface area contributed by atoms with Crippen molar-refractivity contribution < 1.29 is 17.9 Å². The molecule has 2 aromatic rings. The molecule has 0 saturated heterocycles. The van der Waals surface area contributed by atoms with Crippen LogP contribution in [0.4, 0.5) is 13.2 Å². The second kappa shape index (κ2) is 6.79. The van der Waals surface area contributed by atoms with Crippen LogP contribution in [0.25, 0.3) is 0 Å². The van der Waals surface area contributed by atoms with Crippen molar-refractivity contribution in [1.82, 2.24) is 0 Å². The normalized spacial score (nSPS) is 18.3. The summed E-state index contributed by atoms with van der Waals surface area (Å²) >= 11 is 0. The van der Waals surface area contributed by atoms with Crippen LogP contribution in [-0.2, 0) is 12.0 Å². The molecule has 3 rings (SSSR count). The van der Waals surface area contributed by atoms with Gasteiger partial charge in [-0.1, -0.05) is 36.4 Å². The van der Waals surface area contributed by atoms with E-state index in [9.17, 15) is 18.4 Å². The summed E-state index contributed by atoms with van der Waals surface area (Å²) in [6, 6.07) is 15.8. The summed E-state index contributed by atoms with van der Waals surface area (Å²) < 4.78 is 46.7. The van der Waals surface area contributed by atoms with E-state index in [1.165, 1.54) is 12.1 Å². The van der Waals surface area contributed by atoms with Crippen LogP contribution in [0.15, 0.2) is 48.5 Å². The number of alkyl halides is 2. The third-order valence-electron chi connectivity index (χ3n) is 4.77. The van der Waals surface area contributed by atoms with Crippen molar-refractivity contribution in [1.29, 1.82) is 5.26 Å². The zero-order valence-electron chi connectivity index (χ0n) is 13.6. The number of hydrogen-bond donors (Lipinski definition) is 0. The van der Waals surface area contributed by atoms with E-state index in [0.29, 0.717) is 5.56 Å². The summed E-state index contributed by atoms with van der Waals surface area (Å²) in [6.45, 7) is 0.229. The molecule has 0 N–H and O–H groups in total. The molecule has 0 aromatic heterocycles. The average molecular weight is 345 g/mol. The fourth-order valence-electron chi connectivity index (χ4n) is 3.16. The van der Waals surface area contributed by atoms with Gasteiger partial charge in [0.2, 0.25) is 5.92 Å². The Bertz CT molecular complexity index is 773. The molecule has 0 unspecified atom stereocenters. The smallest absolute Gasteiger partial charge is 0.248 e. The first-order valence-electron chi connectivity index (χ1n) is 8.20. The molecular formula is C20H18F3NO. The maximum absolute atomic E-state index is 14.4. The van der Waals surface area contributed by atoms with Crippen molar-refractivity contribution in [2.24, 2.45) is 0 Å². The zero-order chi connectivity index (χ0) is 17.9. The van der Waals surface area contributed by atoms with Crippen LogP contribution in [0.3, 0.4) is 0 Å². The number of hydrogen-bond acceptors (Lipinski definition) is 2. The fourth-order valence-corrected chi connectivity index (χ4v) is 3.16. The molecule has 0 atom stereocenters. The Labute approximate surface area is 144 Å². The molecule has 130 valence electrons. The van der Waals surface area contributed by atoms with Gasteiger partial charge in [0.05, 0.1) is 11.5 Å². The SMILES string of the molecule is N#CC1(c2ccc(OCc3ccccc3)c(F)c2)CCC(F)(F)CC1. The van der Waals surface area contributed by atoms with Crippen molar-refractivity contribution in [2.75, 3.05) is 0 Å². The minimum absolute atomic E-state index is 0.0279. The number of rotatable bonds is 4. The fraction of sp³-hybridized carbons (Fsp3) is 0.350. The topological polar surface area (TPSA) is 33.0 Å². The Balaban J connectivity index is 1.76. The maximum Gasteiger partial charge on any atom is 0.248 e. The molecule has 2 nitrogen and oxygen atoms in total. The third kappa shape index (κ3) is 3.79. The molecule has 1 saturated carbocycles. The summed E-state index contributed by atoms with van der Waals surface area (Å²) in [5.74, 6) is -3.24. The molecule has 0 amide bonds. The summed E-state index contributed by atoms with van der Waals surface area (Å²) in [4.78, 5) is 0. The van der Waals surface area contributed by atoms with Gasteiger partial charge in [-0.25, -0.2) is 13.2 Å². The van der Waals surface area contributed by atoms with Crippen molar-refractivity contribution >= 4 is 0 Å². The van der Waals surface area contributed by atoms with Gasteiger partial charge in [0.1, 0.15) is 6.61 Å². The summed E-state index contributed by atoms with van der Waals surface area (Å²) in [5.41, 5.74) is 0.296. The standard InChI is InChI=1S/C20H18F3NO/c21-17-12-16(19(14-24)8-10-20(22,23)11-9-19)6-7-18(17)25-13-15-4-2-1-3-5-15/h1-7,12H,8-11,13H2. The highest BCUT2D eigenvalue weighted by Gasteiger charge is 2.44. The van der Waals surface area contributed by atoms with Gasteiger partial charge in [0, 0.05) is 12.8 Å². The highest BCUT2D eigenvalue weighted by molar-refractivity contribution is 5.38. The first-order valence-corrected chi connectivity index (χ1v) is 8.20. The van der Waals surface area contributed by atoms with Gasteiger partial charge in [0.15, 0.2) is 11.6 Å². The second-order valence-corrected chi connectivity index (χ2v) is 6.47. The Morgan fingerprint density at radius 1 is 1.00 bits per heavy atom. The van der Waals surface area contributed by atoms with Crippen LogP contribution < -0.4 is 4.74 Å². The Kier molecular flexibility index (Phi) is 4.71. The number of nitrogens with zero attached hydrogens (tertiary/aromatic N) is 1. The number of nitriles is 1. The monoisotopic (exact) mass is 345 g/mol. The summed E-state index contributed by atoms with van der Waals surface area (Å²) in [5, 5.41) is 9.53. The van der Waals surface area contributed by atoms with E-state index in [2.05, 4.69) is 6.07 Å². The van der Waals surface area contributed by atoms with Crippen LogP contribution >= 0.6 is 0 Å². The molecule has 0 bridgehead atoms. The summed E-state index contributed by atoms with van der Waals surface area (Å²) in [7, 11) is 0. The van der Waals surface area contributed by atoms with E-state index < -0.39 is 17.2 Å². The van der Waals surface area contributed by atoms with E-state index >= 15 is 0 Å². The van der Waals surface area contributed by atoms with Crippen molar-refractivity contribution in [2.45, 2.75) is 43.6 Å².